The van der Waals surface area contributed by atoms with Crippen LogP contribution in [0.1, 0.15) is 33.1 Å². The Morgan fingerprint density at radius 1 is 1.62 bits per heavy atom. The highest BCUT2D eigenvalue weighted by atomic mass is 16.4. The summed E-state index contributed by atoms with van der Waals surface area (Å²) in [4.78, 5) is 14.8. The average molecular weight is 222 g/mol. The van der Waals surface area contributed by atoms with Gasteiger partial charge in [0.05, 0.1) is 0 Å². The lowest BCUT2D eigenvalue weighted by Gasteiger charge is -2.18. The summed E-state index contributed by atoms with van der Waals surface area (Å²) in [6.45, 7) is 8.00. The van der Waals surface area contributed by atoms with Crippen molar-refractivity contribution < 1.29 is 9.90 Å². The second-order valence-electron chi connectivity index (χ2n) is 4.18. The summed E-state index contributed by atoms with van der Waals surface area (Å²) in [5.74, 6) is 0.403. The van der Waals surface area contributed by atoms with E-state index in [0.29, 0.717) is 18.8 Å². The third-order valence-corrected chi connectivity index (χ3v) is 2.29. The molecule has 0 aliphatic carbocycles. The number of carboxylic acids is 1. The molecule has 0 radical (unpaired) electrons. The molecule has 1 rings (SSSR count). The van der Waals surface area contributed by atoms with E-state index >= 15 is 0 Å². The fourth-order valence-electron chi connectivity index (χ4n) is 1.44. The minimum absolute atomic E-state index is 0.175. The molecule has 1 heterocycles. The molecule has 88 valence electrons. The molecule has 0 amide bonds. The van der Waals surface area contributed by atoms with Crippen LogP contribution in [-0.4, -0.2) is 16.9 Å². The van der Waals surface area contributed by atoms with Crippen LogP contribution in [0.2, 0.25) is 0 Å². The van der Waals surface area contributed by atoms with E-state index in [1.54, 1.807) is 0 Å². The number of rotatable bonds is 5. The molecule has 1 aliphatic rings. The fraction of sp³-hybridized carbons (Fsp3) is 0.500. The van der Waals surface area contributed by atoms with Gasteiger partial charge in [-0.1, -0.05) is 20.4 Å². The van der Waals surface area contributed by atoms with Gasteiger partial charge in [0.25, 0.3) is 0 Å². The summed E-state index contributed by atoms with van der Waals surface area (Å²) < 4.78 is 0. The number of carbonyl (C=O) groups is 1. The number of aliphatic carboxylic acids is 1. The molecule has 0 fully saturated rings. The van der Waals surface area contributed by atoms with E-state index in [0.717, 1.165) is 17.2 Å². The van der Waals surface area contributed by atoms with Crippen molar-refractivity contribution in [3.63, 3.8) is 0 Å². The van der Waals surface area contributed by atoms with Crippen LogP contribution >= 0.6 is 0 Å². The van der Waals surface area contributed by atoms with Crippen molar-refractivity contribution in [2.75, 3.05) is 0 Å². The zero-order valence-electron chi connectivity index (χ0n) is 9.79. The summed E-state index contributed by atoms with van der Waals surface area (Å²) >= 11 is 0. The lowest BCUT2D eigenvalue weighted by atomic mass is 10.1. The standard InChI is InChI=1S/C12H18N2O2/c1-8(2)10-7-9(3)13-11(14-10)5-4-6-12(15)16/h7-8H,3-6H2,1-2H3,(H,13,14)(H,15,16). The predicted octanol–water partition coefficient (Wildman–Crippen LogP) is 2.30. The van der Waals surface area contributed by atoms with Crippen molar-refractivity contribution in [1.82, 2.24) is 5.32 Å². The number of nitrogens with one attached hydrogen (secondary N) is 1. The molecule has 0 unspecified atom stereocenters. The van der Waals surface area contributed by atoms with Crippen molar-refractivity contribution in [2.45, 2.75) is 33.1 Å². The first-order chi connectivity index (χ1) is 7.49. The number of hydrogen-bond donors (Lipinski definition) is 2. The second kappa shape index (κ2) is 5.49. The van der Waals surface area contributed by atoms with E-state index in [1.807, 2.05) is 6.08 Å². The maximum atomic E-state index is 10.4. The third-order valence-electron chi connectivity index (χ3n) is 2.29. The maximum Gasteiger partial charge on any atom is 0.303 e. The van der Waals surface area contributed by atoms with Gasteiger partial charge in [0, 0.05) is 24.2 Å². The first-order valence-electron chi connectivity index (χ1n) is 5.46. The Morgan fingerprint density at radius 2 is 2.31 bits per heavy atom. The molecule has 0 atom stereocenters. The Balaban J connectivity index is 2.57. The Hall–Kier alpha value is -1.58. The van der Waals surface area contributed by atoms with Gasteiger partial charge in [-0.3, -0.25) is 4.79 Å². The van der Waals surface area contributed by atoms with Crippen LogP contribution in [0.5, 0.6) is 0 Å². The van der Waals surface area contributed by atoms with Gasteiger partial charge in [-0.05, 0) is 18.4 Å². The molecule has 0 spiro atoms. The Bertz CT molecular complexity index is 354. The molecule has 0 saturated heterocycles. The molecule has 16 heavy (non-hydrogen) atoms. The van der Waals surface area contributed by atoms with Gasteiger partial charge in [-0.25, -0.2) is 4.99 Å². The van der Waals surface area contributed by atoms with Gasteiger partial charge in [-0.15, -0.1) is 0 Å². The summed E-state index contributed by atoms with van der Waals surface area (Å²) in [6, 6.07) is 0. The highest BCUT2D eigenvalue weighted by molar-refractivity contribution is 5.86. The van der Waals surface area contributed by atoms with Crippen molar-refractivity contribution in [2.24, 2.45) is 10.9 Å². The van der Waals surface area contributed by atoms with Crippen molar-refractivity contribution >= 4 is 11.8 Å². The summed E-state index contributed by atoms with van der Waals surface area (Å²) in [5.41, 5.74) is 1.82. The summed E-state index contributed by atoms with van der Waals surface area (Å²) in [7, 11) is 0. The van der Waals surface area contributed by atoms with E-state index in [-0.39, 0.29) is 6.42 Å². The Morgan fingerprint density at radius 3 is 2.88 bits per heavy atom. The zero-order valence-corrected chi connectivity index (χ0v) is 9.79. The minimum atomic E-state index is -0.769. The first kappa shape index (κ1) is 12.5. The van der Waals surface area contributed by atoms with Crippen LogP contribution in [0, 0.1) is 5.92 Å². The predicted molar refractivity (Wildman–Crippen MR) is 64.1 cm³/mol. The molecule has 4 nitrogen and oxygen atoms in total. The van der Waals surface area contributed by atoms with E-state index in [2.05, 4.69) is 30.7 Å². The van der Waals surface area contributed by atoms with Gasteiger partial charge >= 0.3 is 5.97 Å². The number of carboxylic acid groups (broad SMARTS) is 1. The second-order valence-corrected chi connectivity index (χ2v) is 4.18. The van der Waals surface area contributed by atoms with Gasteiger partial charge < -0.3 is 10.4 Å². The quantitative estimate of drug-likeness (QED) is 0.750. The minimum Gasteiger partial charge on any atom is -0.481 e. The topological polar surface area (TPSA) is 61.7 Å². The van der Waals surface area contributed by atoms with Gasteiger partial charge in [0.2, 0.25) is 0 Å². The number of allylic oxidation sites excluding steroid dienone is 2. The van der Waals surface area contributed by atoms with Crippen LogP contribution in [0.4, 0.5) is 0 Å². The molecule has 1 aliphatic heterocycles. The normalized spacial score (nSPS) is 15.6. The summed E-state index contributed by atoms with van der Waals surface area (Å²) in [5, 5.41) is 11.6. The molecule has 0 aromatic rings. The van der Waals surface area contributed by atoms with E-state index in [9.17, 15) is 4.79 Å². The smallest absolute Gasteiger partial charge is 0.303 e. The van der Waals surface area contributed by atoms with Crippen LogP contribution in [0.3, 0.4) is 0 Å². The lowest BCUT2D eigenvalue weighted by Crippen LogP contribution is -2.25. The Kier molecular flexibility index (Phi) is 4.28. The highest BCUT2D eigenvalue weighted by Crippen LogP contribution is 2.17. The van der Waals surface area contributed by atoms with Crippen LogP contribution in [-0.2, 0) is 4.79 Å². The average Bonchev–Trinajstić information content (AvgIpc) is 2.16. The van der Waals surface area contributed by atoms with Crippen LogP contribution in [0.15, 0.2) is 29.0 Å². The highest BCUT2D eigenvalue weighted by Gasteiger charge is 2.11. The van der Waals surface area contributed by atoms with Gasteiger partial charge in [0.15, 0.2) is 0 Å². The van der Waals surface area contributed by atoms with Crippen molar-refractivity contribution in [1.29, 1.82) is 0 Å². The molecule has 0 aromatic carbocycles. The van der Waals surface area contributed by atoms with Gasteiger partial charge in [0.1, 0.15) is 5.84 Å². The molecule has 0 bridgehead atoms. The van der Waals surface area contributed by atoms with Crippen molar-refractivity contribution in [3.8, 4) is 0 Å². The van der Waals surface area contributed by atoms with Gasteiger partial charge in [-0.2, -0.15) is 0 Å². The molecular formula is C12H18N2O2. The molecule has 4 heteroatoms. The van der Waals surface area contributed by atoms with Crippen LogP contribution < -0.4 is 5.32 Å². The Labute approximate surface area is 95.8 Å². The lowest BCUT2D eigenvalue weighted by molar-refractivity contribution is -0.137. The van der Waals surface area contributed by atoms with E-state index < -0.39 is 5.97 Å². The number of nitrogens with zero attached hydrogens (tertiary/aromatic N) is 1. The molecular weight excluding hydrogens is 204 g/mol. The van der Waals surface area contributed by atoms with Crippen molar-refractivity contribution in [3.05, 3.63) is 24.0 Å². The van der Waals surface area contributed by atoms with E-state index in [1.165, 1.54) is 0 Å². The summed E-state index contributed by atoms with van der Waals surface area (Å²) in [6.07, 6.45) is 3.34. The number of amidine groups is 1. The third kappa shape index (κ3) is 3.88. The van der Waals surface area contributed by atoms with Crippen LogP contribution in [0.25, 0.3) is 0 Å². The SMILES string of the molecule is C=C1C=C(C(C)C)N=C(CCCC(=O)O)N1. The number of aliphatic imine (C=N–C) groups is 1. The molecule has 0 saturated carbocycles. The van der Waals surface area contributed by atoms with E-state index in [4.69, 9.17) is 5.11 Å². The maximum absolute atomic E-state index is 10.4. The molecule has 0 aromatic heterocycles. The first-order valence-corrected chi connectivity index (χ1v) is 5.46. The monoisotopic (exact) mass is 222 g/mol. The largest absolute Gasteiger partial charge is 0.481 e. The zero-order chi connectivity index (χ0) is 12.1. The molecule has 2 N–H and O–H groups in total. The number of hydrogen-bond acceptors (Lipinski definition) is 3. The fourth-order valence-corrected chi connectivity index (χ4v) is 1.44.